The number of carbonyl (C=O) groups excluding carboxylic acids is 2. The standard InChI is InChI=1S/C23H17N3O4S/c1-25-17-9-15(7-8-19(17)30-11-20(25)28)18(27)10-26-13-24-22-21(23(26)29)16(12-31-22)14-5-3-2-4-6-14/h2-9,12-13H,10-11H2,1H3. The number of ether oxygens (including phenoxy) is 1. The number of hydrogen-bond donors (Lipinski definition) is 0. The molecule has 0 unspecified atom stereocenters. The summed E-state index contributed by atoms with van der Waals surface area (Å²) in [6.07, 6.45) is 1.41. The molecular formula is C23H17N3O4S. The van der Waals surface area contributed by atoms with Gasteiger partial charge in [-0.2, -0.15) is 0 Å². The first kappa shape index (κ1) is 19.2. The number of Topliss-reactive ketones (excluding diaryl/α,β-unsaturated/α-hetero) is 1. The minimum Gasteiger partial charge on any atom is -0.482 e. The number of anilines is 1. The van der Waals surface area contributed by atoms with Crippen LogP contribution in [0.25, 0.3) is 21.3 Å². The highest BCUT2D eigenvalue weighted by molar-refractivity contribution is 7.17. The van der Waals surface area contributed by atoms with Crippen LogP contribution < -0.4 is 15.2 Å². The first-order valence-electron chi connectivity index (χ1n) is 9.61. The SMILES string of the molecule is CN1C(=O)COc2ccc(C(=O)Cn3cnc4scc(-c5ccccc5)c4c3=O)cc21. The van der Waals surface area contributed by atoms with Gasteiger partial charge < -0.3 is 9.64 Å². The van der Waals surface area contributed by atoms with Crippen molar-refractivity contribution < 1.29 is 14.3 Å². The van der Waals surface area contributed by atoms with Gasteiger partial charge in [0.2, 0.25) is 0 Å². The molecule has 0 N–H and O–H groups in total. The smallest absolute Gasteiger partial charge is 0.264 e. The first-order valence-corrected chi connectivity index (χ1v) is 10.5. The summed E-state index contributed by atoms with van der Waals surface area (Å²) in [5.74, 6) is 0.104. The summed E-state index contributed by atoms with van der Waals surface area (Å²) >= 11 is 1.40. The van der Waals surface area contributed by atoms with Crippen LogP contribution in [0.5, 0.6) is 5.75 Å². The van der Waals surface area contributed by atoms with E-state index >= 15 is 0 Å². The number of amides is 1. The van der Waals surface area contributed by atoms with Gasteiger partial charge >= 0.3 is 0 Å². The summed E-state index contributed by atoms with van der Waals surface area (Å²) in [6, 6.07) is 14.6. The van der Waals surface area contributed by atoms with Crippen molar-refractivity contribution in [2.45, 2.75) is 6.54 Å². The van der Waals surface area contributed by atoms with E-state index in [1.165, 1.54) is 27.1 Å². The fourth-order valence-electron chi connectivity index (χ4n) is 3.60. The van der Waals surface area contributed by atoms with E-state index in [0.717, 1.165) is 11.1 Å². The Bertz CT molecular complexity index is 1390. The maximum absolute atomic E-state index is 13.2. The lowest BCUT2D eigenvalue weighted by Crippen LogP contribution is -2.35. The van der Waals surface area contributed by atoms with Crippen LogP contribution in [0.4, 0.5) is 5.69 Å². The number of nitrogens with zero attached hydrogens (tertiary/aromatic N) is 3. The van der Waals surface area contributed by atoms with Gasteiger partial charge in [-0.3, -0.25) is 19.0 Å². The van der Waals surface area contributed by atoms with Crippen LogP contribution in [0.15, 0.2) is 65.0 Å². The van der Waals surface area contributed by atoms with Gasteiger partial charge in [0.25, 0.3) is 11.5 Å². The van der Waals surface area contributed by atoms with Crippen LogP contribution in [0.2, 0.25) is 0 Å². The molecule has 154 valence electrons. The zero-order valence-corrected chi connectivity index (χ0v) is 17.4. The number of aromatic nitrogens is 2. The van der Waals surface area contributed by atoms with E-state index in [1.54, 1.807) is 25.2 Å². The molecule has 1 aliphatic rings. The molecule has 5 rings (SSSR count). The Morgan fingerprint density at radius 3 is 2.77 bits per heavy atom. The number of thiophene rings is 1. The molecule has 2 aromatic heterocycles. The van der Waals surface area contributed by atoms with Crippen molar-refractivity contribution in [2.75, 3.05) is 18.6 Å². The van der Waals surface area contributed by atoms with E-state index in [9.17, 15) is 14.4 Å². The number of carbonyl (C=O) groups is 2. The second kappa shape index (κ2) is 7.48. The number of rotatable bonds is 4. The van der Waals surface area contributed by atoms with Crippen LogP contribution in [-0.4, -0.2) is 34.9 Å². The third kappa shape index (κ3) is 3.30. The van der Waals surface area contributed by atoms with E-state index in [-0.39, 0.29) is 30.4 Å². The normalized spacial score (nSPS) is 13.2. The van der Waals surface area contributed by atoms with Crippen molar-refractivity contribution in [3.05, 3.63) is 76.2 Å². The van der Waals surface area contributed by atoms with Gasteiger partial charge in [-0.25, -0.2) is 4.98 Å². The third-order valence-electron chi connectivity index (χ3n) is 5.33. The number of ketones is 1. The van der Waals surface area contributed by atoms with E-state index in [0.29, 0.717) is 27.2 Å². The zero-order chi connectivity index (χ0) is 21.5. The highest BCUT2D eigenvalue weighted by atomic mass is 32.1. The monoisotopic (exact) mass is 431 g/mol. The first-order chi connectivity index (χ1) is 15.0. The molecule has 0 saturated heterocycles. The Morgan fingerprint density at radius 1 is 1.16 bits per heavy atom. The van der Waals surface area contributed by atoms with Gasteiger partial charge in [0.05, 0.1) is 23.9 Å². The van der Waals surface area contributed by atoms with Gasteiger partial charge in [0.15, 0.2) is 12.4 Å². The molecule has 2 aromatic carbocycles. The molecule has 4 aromatic rings. The van der Waals surface area contributed by atoms with Crippen molar-refractivity contribution in [1.82, 2.24) is 9.55 Å². The minimum absolute atomic E-state index is 0.0255. The molecule has 0 spiro atoms. The largest absolute Gasteiger partial charge is 0.482 e. The zero-order valence-electron chi connectivity index (χ0n) is 16.6. The van der Waals surface area contributed by atoms with Gasteiger partial charge in [-0.15, -0.1) is 11.3 Å². The van der Waals surface area contributed by atoms with Crippen LogP contribution in [-0.2, 0) is 11.3 Å². The van der Waals surface area contributed by atoms with E-state index in [2.05, 4.69) is 4.98 Å². The highest BCUT2D eigenvalue weighted by Crippen LogP contribution is 2.32. The second-order valence-corrected chi connectivity index (χ2v) is 8.08. The van der Waals surface area contributed by atoms with E-state index in [1.807, 2.05) is 35.7 Å². The van der Waals surface area contributed by atoms with Crippen molar-refractivity contribution in [3.63, 3.8) is 0 Å². The number of benzene rings is 2. The molecule has 0 saturated carbocycles. The summed E-state index contributed by atoms with van der Waals surface area (Å²) in [6.45, 7) is -0.175. The molecule has 3 heterocycles. The van der Waals surface area contributed by atoms with Crippen molar-refractivity contribution in [2.24, 2.45) is 0 Å². The lowest BCUT2D eigenvalue weighted by atomic mass is 10.1. The second-order valence-electron chi connectivity index (χ2n) is 7.22. The summed E-state index contributed by atoms with van der Waals surface area (Å²) in [5, 5.41) is 2.42. The minimum atomic E-state index is -0.257. The van der Waals surface area contributed by atoms with Gasteiger partial charge in [-0.1, -0.05) is 30.3 Å². The molecule has 0 aliphatic carbocycles. The molecule has 7 nitrogen and oxygen atoms in total. The Hall–Kier alpha value is -3.78. The molecule has 0 fully saturated rings. The van der Waals surface area contributed by atoms with Crippen molar-refractivity contribution in [3.8, 4) is 16.9 Å². The number of fused-ring (bicyclic) bond motifs is 2. The van der Waals surface area contributed by atoms with Crippen molar-refractivity contribution >= 4 is 38.9 Å². The summed E-state index contributed by atoms with van der Waals surface area (Å²) in [5.41, 5.74) is 2.41. The van der Waals surface area contributed by atoms with Gasteiger partial charge in [-0.05, 0) is 23.8 Å². The summed E-state index contributed by atoms with van der Waals surface area (Å²) in [4.78, 5) is 44.5. The van der Waals surface area contributed by atoms with Crippen LogP contribution in [0, 0.1) is 0 Å². The number of likely N-dealkylation sites (N-methyl/N-ethyl adjacent to an activating group) is 1. The van der Waals surface area contributed by atoms with E-state index < -0.39 is 0 Å². The quantitative estimate of drug-likeness (QED) is 0.463. The Labute approximate surface area is 181 Å². The molecule has 0 atom stereocenters. The molecule has 8 heteroatoms. The lowest BCUT2D eigenvalue weighted by molar-refractivity contribution is -0.120. The molecule has 31 heavy (non-hydrogen) atoms. The van der Waals surface area contributed by atoms with Crippen LogP contribution >= 0.6 is 11.3 Å². The molecule has 0 radical (unpaired) electrons. The van der Waals surface area contributed by atoms with Crippen LogP contribution in [0.3, 0.4) is 0 Å². The van der Waals surface area contributed by atoms with Crippen molar-refractivity contribution in [1.29, 1.82) is 0 Å². The third-order valence-corrected chi connectivity index (χ3v) is 6.21. The summed E-state index contributed by atoms with van der Waals surface area (Å²) in [7, 11) is 1.64. The lowest BCUT2D eigenvalue weighted by Gasteiger charge is -2.26. The molecular weight excluding hydrogens is 414 g/mol. The highest BCUT2D eigenvalue weighted by Gasteiger charge is 2.23. The predicted molar refractivity (Wildman–Crippen MR) is 119 cm³/mol. The molecule has 1 amide bonds. The van der Waals surface area contributed by atoms with Gasteiger partial charge in [0, 0.05) is 23.6 Å². The Morgan fingerprint density at radius 2 is 1.97 bits per heavy atom. The Kier molecular flexibility index (Phi) is 4.63. The number of hydrogen-bond acceptors (Lipinski definition) is 6. The molecule has 0 bridgehead atoms. The fourth-order valence-corrected chi connectivity index (χ4v) is 4.51. The average Bonchev–Trinajstić information content (AvgIpc) is 3.23. The Balaban J connectivity index is 1.50. The maximum Gasteiger partial charge on any atom is 0.264 e. The average molecular weight is 431 g/mol. The maximum atomic E-state index is 13.2. The topological polar surface area (TPSA) is 81.5 Å². The fraction of sp³-hybridized carbons (Fsp3) is 0.130. The predicted octanol–water partition coefficient (Wildman–Crippen LogP) is 3.36. The van der Waals surface area contributed by atoms with E-state index in [4.69, 9.17) is 4.74 Å². The molecule has 1 aliphatic heterocycles. The van der Waals surface area contributed by atoms with Crippen LogP contribution in [0.1, 0.15) is 10.4 Å². The van der Waals surface area contributed by atoms with Gasteiger partial charge in [0.1, 0.15) is 10.6 Å². The summed E-state index contributed by atoms with van der Waals surface area (Å²) < 4.78 is 6.73.